The molecule has 112 valence electrons. The Morgan fingerprint density at radius 1 is 1.25 bits per heavy atom. The van der Waals surface area contributed by atoms with E-state index in [1.165, 1.54) is 18.4 Å². The van der Waals surface area contributed by atoms with E-state index in [1.54, 1.807) is 12.1 Å². The molecule has 1 saturated heterocycles. The van der Waals surface area contributed by atoms with E-state index in [0.717, 1.165) is 25.2 Å². The minimum absolute atomic E-state index is 0.236. The Hall–Kier alpha value is -0.780. The van der Waals surface area contributed by atoms with Crippen LogP contribution in [0.2, 0.25) is 0 Å². The summed E-state index contributed by atoms with van der Waals surface area (Å²) in [6.45, 7) is 3.97. The van der Waals surface area contributed by atoms with Crippen LogP contribution in [0.5, 0.6) is 0 Å². The number of halogens is 1. The summed E-state index contributed by atoms with van der Waals surface area (Å²) in [7, 11) is -0.274. The van der Waals surface area contributed by atoms with E-state index >= 15 is 0 Å². The number of hydrogen-bond donors (Lipinski definition) is 0. The van der Waals surface area contributed by atoms with Crippen molar-refractivity contribution in [2.75, 3.05) is 32.1 Å². The molecular formula is C14H21ClN2O2S. The lowest BCUT2D eigenvalue weighted by atomic mass is 9.99. The van der Waals surface area contributed by atoms with Crippen molar-refractivity contribution >= 4 is 27.3 Å². The van der Waals surface area contributed by atoms with Crippen LogP contribution in [-0.2, 0) is 10.0 Å². The third kappa shape index (κ3) is 3.10. The zero-order valence-corrected chi connectivity index (χ0v) is 13.7. The quantitative estimate of drug-likeness (QED) is 0.804. The Morgan fingerprint density at radius 3 is 2.35 bits per heavy atom. The lowest BCUT2D eigenvalue weighted by molar-refractivity contribution is 0.454. The van der Waals surface area contributed by atoms with Gasteiger partial charge in [-0.1, -0.05) is 6.92 Å². The molecule has 0 bridgehead atoms. The molecule has 0 amide bonds. The van der Waals surface area contributed by atoms with Crippen LogP contribution in [0, 0.1) is 5.92 Å². The first-order valence-corrected chi connectivity index (χ1v) is 8.61. The summed E-state index contributed by atoms with van der Waals surface area (Å²) >= 11 is 6.23. The number of nitrogens with zero attached hydrogens (tertiary/aromatic N) is 2. The number of hydrogen-bond acceptors (Lipinski definition) is 3. The number of piperidine rings is 1. The van der Waals surface area contributed by atoms with Crippen LogP contribution in [0.3, 0.4) is 0 Å². The van der Waals surface area contributed by atoms with Crippen molar-refractivity contribution in [3.63, 3.8) is 0 Å². The van der Waals surface area contributed by atoms with Crippen molar-refractivity contribution in [1.29, 1.82) is 0 Å². The van der Waals surface area contributed by atoms with Gasteiger partial charge in [0.25, 0.3) is 0 Å². The zero-order chi connectivity index (χ0) is 14.9. The molecular weight excluding hydrogens is 296 g/mol. The molecule has 0 N–H and O–H groups in total. The van der Waals surface area contributed by atoms with Gasteiger partial charge in [-0.2, -0.15) is 0 Å². The highest BCUT2D eigenvalue weighted by Crippen LogP contribution is 2.27. The summed E-state index contributed by atoms with van der Waals surface area (Å²) in [5.41, 5.74) is 1.05. The molecule has 1 aromatic rings. The second-order valence-electron chi connectivity index (χ2n) is 5.51. The Bertz CT molecular complexity index is 557. The van der Waals surface area contributed by atoms with Crippen LogP contribution in [0.15, 0.2) is 29.2 Å². The Morgan fingerprint density at radius 2 is 1.85 bits per heavy atom. The fourth-order valence-corrected chi connectivity index (χ4v) is 3.47. The normalized spacial score (nSPS) is 24.1. The summed E-state index contributed by atoms with van der Waals surface area (Å²) in [4.78, 5) is 2.59. The molecule has 1 aliphatic rings. The number of alkyl halides is 1. The van der Waals surface area contributed by atoms with Crippen LogP contribution in [0.1, 0.15) is 13.3 Å². The third-order valence-electron chi connectivity index (χ3n) is 3.78. The molecule has 0 aromatic heterocycles. The van der Waals surface area contributed by atoms with Crippen molar-refractivity contribution in [2.45, 2.75) is 23.6 Å². The van der Waals surface area contributed by atoms with Gasteiger partial charge in [-0.15, -0.1) is 11.6 Å². The molecule has 1 fully saturated rings. The summed E-state index contributed by atoms with van der Waals surface area (Å²) < 4.78 is 25.2. The molecule has 1 heterocycles. The van der Waals surface area contributed by atoms with Gasteiger partial charge in [0.2, 0.25) is 10.0 Å². The minimum Gasteiger partial charge on any atom is -0.371 e. The molecule has 0 spiro atoms. The molecule has 1 aliphatic heterocycles. The first kappa shape index (κ1) is 15.6. The van der Waals surface area contributed by atoms with Crippen LogP contribution in [0.25, 0.3) is 0 Å². The van der Waals surface area contributed by atoms with Gasteiger partial charge in [-0.05, 0) is 36.6 Å². The molecule has 0 radical (unpaired) electrons. The summed E-state index contributed by atoms with van der Waals surface area (Å²) in [6.07, 6.45) is 0.959. The Kier molecular flexibility index (Phi) is 4.62. The molecule has 0 saturated carbocycles. The van der Waals surface area contributed by atoms with E-state index in [9.17, 15) is 8.42 Å². The largest absolute Gasteiger partial charge is 0.371 e. The zero-order valence-electron chi connectivity index (χ0n) is 12.1. The van der Waals surface area contributed by atoms with Crippen LogP contribution in [0.4, 0.5) is 5.69 Å². The number of benzene rings is 1. The highest BCUT2D eigenvalue weighted by molar-refractivity contribution is 7.89. The van der Waals surface area contributed by atoms with Gasteiger partial charge in [-0.25, -0.2) is 12.7 Å². The van der Waals surface area contributed by atoms with E-state index in [1.807, 2.05) is 12.1 Å². The van der Waals surface area contributed by atoms with Crippen molar-refractivity contribution in [2.24, 2.45) is 5.92 Å². The summed E-state index contributed by atoms with van der Waals surface area (Å²) in [5.74, 6) is 0.440. The highest BCUT2D eigenvalue weighted by Gasteiger charge is 2.25. The van der Waals surface area contributed by atoms with Crippen LogP contribution >= 0.6 is 11.6 Å². The van der Waals surface area contributed by atoms with Gasteiger partial charge in [-0.3, -0.25) is 0 Å². The predicted molar refractivity (Wildman–Crippen MR) is 82.9 cm³/mol. The van der Waals surface area contributed by atoms with E-state index in [-0.39, 0.29) is 5.38 Å². The molecule has 6 heteroatoms. The van der Waals surface area contributed by atoms with Gasteiger partial charge >= 0.3 is 0 Å². The van der Waals surface area contributed by atoms with Crippen molar-refractivity contribution in [3.05, 3.63) is 24.3 Å². The SMILES string of the molecule is CC1CN(c2ccc(S(=O)(=O)N(C)C)cc2)CCC1Cl. The molecule has 1 aromatic carbocycles. The third-order valence-corrected chi connectivity index (χ3v) is 6.26. The average molecular weight is 317 g/mol. The van der Waals surface area contributed by atoms with Gasteiger partial charge in [0, 0.05) is 38.2 Å². The number of anilines is 1. The van der Waals surface area contributed by atoms with E-state index in [4.69, 9.17) is 11.6 Å². The standard InChI is InChI=1S/C14H21ClN2O2S/c1-11-10-17(9-8-14(11)15)12-4-6-13(7-5-12)20(18,19)16(2)3/h4-7,11,14H,8-10H2,1-3H3. The van der Waals surface area contributed by atoms with E-state index in [0.29, 0.717) is 10.8 Å². The van der Waals surface area contributed by atoms with E-state index < -0.39 is 10.0 Å². The lowest BCUT2D eigenvalue weighted by Gasteiger charge is -2.35. The molecule has 2 unspecified atom stereocenters. The second-order valence-corrected chi connectivity index (χ2v) is 8.22. The molecule has 2 atom stereocenters. The second kappa shape index (κ2) is 5.92. The lowest BCUT2D eigenvalue weighted by Crippen LogP contribution is -2.39. The number of rotatable bonds is 3. The maximum atomic E-state index is 12.0. The first-order chi connectivity index (χ1) is 9.32. The molecule has 20 heavy (non-hydrogen) atoms. The van der Waals surface area contributed by atoms with Gasteiger partial charge in [0.1, 0.15) is 0 Å². The summed E-state index contributed by atoms with van der Waals surface area (Å²) in [6, 6.07) is 7.08. The summed E-state index contributed by atoms with van der Waals surface area (Å²) in [5, 5.41) is 0.236. The van der Waals surface area contributed by atoms with Gasteiger partial charge < -0.3 is 4.90 Å². The molecule has 0 aliphatic carbocycles. The van der Waals surface area contributed by atoms with E-state index in [2.05, 4.69) is 11.8 Å². The van der Waals surface area contributed by atoms with Gasteiger partial charge in [0.15, 0.2) is 0 Å². The maximum absolute atomic E-state index is 12.0. The fraction of sp³-hybridized carbons (Fsp3) is 0.571. The predicted octanol–water partition coefficient (Wildman–Crippen LogP) is 2.39. The Labute approximate surface area is 126 Å². The first-order valence-electron chi connectivity index (χ1n) is 6.74. The highest BCUT2D eigenvalue weighted by atomic mass is 35.5. The topological polar surface area (TPSA) is 40.6 Å². The molecule has 2 rings (SSSR count). The smallest absolute Gasteiger partial charge is 0.242 e. The monoisotopic (exact) mass is 316 g/mol. The minimum atomic E-state index is -3.35. The maximum Gasteiger partial charge on any atom is 0.242 e. The Balaban J connectivity index is 2.17. The fourth-order valence-electron chi connectivity index (χ4n) is 2.39. The van der Waals surface area contributed by atoms with Crippen LogP contribution in [-0.4, -0.2) is 45.3 Å². The van der Waals surface area contributed by atoms with Gasteiger partial charge in [0.05, 0.1) is 4.90 Å². The van der Waals surface area contributed by atoms with Crippen molar-refractivity contribution in [3.8, 4) is 0 Å². The number of sulfonamides is 1. The van der Waals surface area contributed by atoms with Crippen LogP contribution < -0.4 is 4.90 Å². The average Bonchev–Trinajstić information content (AvgIpc) is 2.42. The van der Waals surface area contributed by atoms with Crippen molar-refractivity contribution < 1.29 is 8.42 Å². The van der Waals surface area contributed by atoms with Crippen molar-refractivity contribution in [1.82, 2.24) is 4.31 Å². The molecule has 4 nitrogen and oxygen atoms in total.